The molecule has 0 aliphatic heterocycles. The first-order valence-electron chi connectivity index (χ1n) is 6.69. The van der Waals surface area contributed by atoms with E-state index in [-0.39, 0.29) is 12.6 Å². The second-order valence-corrected chi connectivity index (χ2v) is 6.45. The zero-order chi connectivity index (χ0) is 14.9. The monoisotopic (exact) mass is 293 g/mol. The second kappa shape index (κ2) is 9.58. The molecule has 5 nitrogen and oxygen atoms in total. The molecule has 6 heteroatoms. The zero-order valence-electron chi connectivity index (χ0n) is 12.1. The Morgan fingerprint density at radius 1 is 1.37 bits per heavy atom. The Balaban J connectivity index is 3.86. The van der Waals surface area contributed by atoms with Crippen molar-refractivity contribution in [1.82, 2.24) is 5.32 Å². The summed E-state index contributed by atoms with van der Waals surface area (Å²) in [6.07, 6.45) is 1.66. The van der Waals surface area contributed by atoms with Crippen LogP contribution in [0, 0.1) is 0 Å². The Bertz CT molecular complexity index is 263. The summed E-state index contributed by atoms with van der Waals surface area (Å²) in [5.41, 5.74) is -0.872. The Labute approximate surface area is 119 Å². The lowest BCUT2D eigenvalue weighted by molar-refractivity contribution is -0.144. The lowest BCUT2D eigenvalue weighted by Crippen LogP contribution is -2.52. The van der Waals surface area contributed by atoms with Crippen molar-refractivity contribution in [2.24, 2.45) is 0 Å². The molecule has 0 aromatic heterocycles. The molecule has 2 unspecified atom stereocenters. The largest absolute Gasteiger partial charge is 0.480 e. The van der Waals surface area contributed by atoms with Gasteiger partial charge in [0, 0.05) is 11.8 Å². The van der Waals surface area contributed by atoms with Crippen molar-refractivity contribution < 1.29 is 20.1 Å². The van der Waals surface area contributed by atoms with Gasteiger partial charge in [-0.3, -0.25) is 10.1 Å². The summed E-state index contributed by atoms with van der Waals surface area (Å²) < 4.78 is 0. The number of hydrogen-bond acceptors (Lipinski definition) is 5. The third kappa shape index (κ3) is 8.47. The number of aliphatic hydroxyl groups excluding tert-OH is 2. The average Bonchev–Trinajstić information content (AvgIpc) is 2.32. The minimum absolute atomic E-state index is 0.134. The molecular formula is C13H27NO4S. The normalized spacial score (nSPS) is 16.3. The molecule has 0 aliphatic carbocycles. The summed E-state index contributed by atoms with van der Waals surface area (Å²) in [6.45, 7) is 5.39. The van der Waals surface area contributed by atoms with Gasteiger partial charge in [0.2, 0.25) is 0 Å². The van der Waals surface area contributed by atoms with Crippen LogP contribution in [0.2, 0.25) is 0 Å². The van der Waals surface area contributed by atoms with Gasteiger partial charge >= 0.3 is 5.97 Å². The molecule has 4 N–H and O–H groups in total. The van der Waals surface area contributed by atoms with Crippen LogP contribution in [0.1, 0.15) is 40.0 Å². The molecule has 2 atom stereocenters. The fourth-order valence-corrected chi connectivity index (χ4v) is 2.79. The number of carboxylic acids is 1. The fourth-order valence-electron chi connectivity index (χ4n) is 1.83. The maximum absolute atomic E-state index is 11.3. The van der Waals surface area contributed by atoms with Gasteiger partial charge in [-0.15, -0.1) is 0 Å². The van der Waals surface area contributed by atoms with E-state index in [1.165, 1.54) is 0 Å². The quantitative estimate of drug-likeness (QED) is 0.426. The lowest BCUT2D eigenvalue weighted by Gasteiger charge is -2.28. The van der Waals surface area contributed by atoms with Gasteiger partial charge in [0.15, 0.2) is 0 Å². The molecule has 0 aliphatic rings. The van der Waals surface area contributed by atoms with E-state index in [4.69, 9.17) is 10.2 Å². The van der Waals surface area contributed by atoms with Crippen LogP contribution in [0.25, 0.3) is 0 Å². The average molecular weight is 293 g/mol. The van der Waals surface area contributed by atoms with Crippen LogP contribution < -0.4 is 5.32 Å². The predicted octanol–water partition coefficient (Wildman–Crippen LogP) is 1.08. The van der Waals surface area contributed by atoms with Gasteiger partial charge in [-0.2, -0.15) is 11.8 Å². The highest BCUT2D eigenvalue weighted by molar-refractivity contribution is 7.99. The molecule has 0 radical (unpaired) electrons. The van der Waals surface area contributed by atoms with Crippen LogP contribution in [-0.2, 0) is 4.79 Å². The fraction of sp³-hybridized carbons (Fsp3) is 0.923. The van der Waals surface area contributed by atoms with Gasteiger partial charge in [-0.1, -0.05) is 6.42 Å². The van der Waals surface area contributed by atoms with E-state index in [1.54, 1.807) is 18.7 Å². The summed E-state index contributed by atoms with van der Waals surface area (Å²) in [5, 5.41) is 30.2. The van der Waals surface area contributed by atoms with Gasteiger partial charge in [0.05, 0.1) is 12.7 Å². The van der Waals surface area contributed by atoms with Crippen LogP contribution in [0.3, 0.4) is 0 Å². The highest BCUT2D eigenvalue weighted by atomic mass is 32.2. The van der Waals surface area contributed by atoms with E-state index in [1.807, 2.05) is 13.8 Å². The number of aliphatic hydroxyl groups is 2. The summed E-state index contributed by atoms with van der Waals surface area (Å²) in [4.78, 5) is 11.3. The van der Waals surface area contributed by atoms with Crippen molar-refractivity contribution in [3.8, 4) is 0 Å². The maximum Gasteiger partial charge on any atom is 0.323 e. The van der Waals surface area contributed by atoms with Gasteiger partial charge in [-0.05, 0) is 39.4 Å². The molecule has 0 saturated carbocycles. The van der Waals surface area contributed by atoms with Gasteiger partial charge < -0.3 is 15.3 Å². The van der Waals surface area contributed by atoms with Crippen molar-refractivity contribution >= 4 is 17.7 Å². The van der Waals surface area contributed by atoms with Crippen LogP contribution >= 0.6 is 11.8 Å². The molecule has 0 bridgehead atoms. The molecule has 0 saturated heterocycles. The number of carboxylic acid groups (broad SMARTS) is 1. The molecule has 0 fully saturated rings. The van der Waals surface area contributed by atoms with Crippen LogP contribution in [0.5, 0.6) is 0 Å². The van der Waals surface area contributed by atoms with Crippen molar-refractivity contribution in [3.05, 3.63) is 0 Å². The highest BCUT2D eigenvalue weighted by Crippen LogP contribution is 2.17. The first kappa shape index (κ1) is 18.7. The Morgan fingerprint density at radius 2 is 2.00 bits per heavy atom. The van der Waals surface area contributed by atoms with E-state index in [2.05, 4.69) is 5.32 Å². The number of nitrogens with one attached hydrogen (secondary N) is 1. The number of thioether (sulfide) groups is 1. The third-order valence-corrected chi connectivity index (χ3v) is 4.01. The van der Waals surface area contributed by atoms with Crippen LogP contribution in [-0.4, -0.2) is 57.1 Å². The standard InChI is InChI=1S/C13H27NO4S/c1-10(2)14-13(3,12(17)18)6-4-5-7-19-9-11(16)8-15/h10-11,14-16H,4-9H2,1-3H3,(H,17,18). The Kier molecular flexibility index (Phi) is 9.43. The number of carbonyl (C=O) groups is 1. The van der Waals surface area contributed by atoms with Crippen LogP contribution in [0.15, 0.2) is 0 Å². The SMILES string of the molecule is CC(C)NC(C)(CCCCSCC(O)CO)C(=O)O. The maximum atomic E-state index is 11.3. The van der Waals surface area contributed by atoms with Crippen molar-refractivity contribution in [2.45, 2.75) is 57.7 Å². The topological polar surface area (TPSA) is 89.8 Å². The molecule has 0 aromatic carbocycles. The van der Waals surface area contributed by atoms with Crippen molar-refractivity contribution in [3.63, 3.8) is 0 Å². The molecule has 0 heterocycles. The first-order valence-corrected chi connectivity index (χ1v) is 7.85. The Hall–Kier alpha value is -0.300. The molecular weight excluding hydrogens is 266 g/mol. The number of hydrogen-bond donors (Lipinski definition) is 4. The second-order valence-electron chi connectivity index (χ2n) is 5.30. The van der Waals surface area contributed by atoms with Crippen molar-refractivity contribution in [2.75, 3.05) is 18.1 Å². The van der Waals surface area contributed by atoms with Gasteiger partial charge in [-0.25, -0.2) is 0 Å². The van der Waals surface area contributed by atoms with E-state index >= 15 is 0 Å². The Morgan fingerprint density at radius 3 is 2.47 bits per heavy atom. The molecule has 114 valence electrons. The first-order chi connectivity index (χ1) is 8.81. The zero-order valence-corrected chi connectivity index (χ0v) is 12.9. The lowest BCUT2D eigenvalue weighted by atomic mass is 9.94. The van der Waals surface area contributed by atoms with Gasteiger partial charge in [0.25, 0.3) is 0 Å². The molecule has 19 heavy (non-hydrogen) atoms. The smallest absolute Gasteiger partial charge is 0.323 e. The third-order valence-electron chi connectivity index (χ3n) is 2.82. The van der Waals surface area contributed by atoms with Crippen molar-refractivity contribution in [1.29, 1.82) is 0 Å². The molecule has 0 aromatic rings. The summed E-state index contributed by atoms with van der Waals surface area (Å²) in [7, 11) is 0. The van der Waals surface area contributed by atoms with E-state index < -0.39 is 17.6 Å². The number of aliphatic carboxylic acids is 1. The van der Waals surface area contributed by atoms with E-state index in [0.29, 0.717) is 12.2 Å². The summed E-state index contributed by atoms with van der Waals surface area (Å²) in [5.74, 6) is 0.579. The highest BCUT2D eigenvalue weighted by Gasteiger charge is 2.32. The summed E-state index contributed by atoms with van der Waals surface area (Å²) in [6, 6.07) is 0.134. The molecule has 0 amide bonds. The predicted molar refractivity (Wildman–Crippen MR) is 78.6 cm³/mol. The minimum Gasteiger partial charge on any atom is -0.480 e. The number of rotatable bonds is 11. The van der Waals surface area contributed by atoms with Gasteiger partial charge in [0.1, 0.15) is 5.54 Å². The summed E-state index contributed by atoms with van der Waals surface area (Å²) >= 11 is 1.58. The van der Waals surface area contributed by atoms with E-state index in [9.17, 15) is 9.90 Å². The number of unbranched alkanes of at least 4 members (excludes halogenated alkanes) is 1. The van der Waals surface area contributed by atoms with E-state index in [0.717, 1.165) is 18.6 Å². The molecule has 0 spiro atoms. The van der Waals surface area contributed by atoms with Crippen LogP contribution in [0.4, 0.5) is 0 Å². The molecule has 0 rings (SSSR count). The minimum atomic E-state index is -0.872.